The SMILES string of the molecule is CCN(CC)Cc1cc(Cl)cc(Nc2ccnc3ccc(OC)cc23)c1O. The van der Waals surface area contributed by atoms with Crippen LogP contribution in [0.15, 0.2) is 42.6 Å². The van der Waals surface area contributed by atoms with Gasteiger partial charge in [-0.3, -0.25) is 9.88 Å². The second-order valence-electron chi connectivity index (χ2n) is 6.29. The normalized spacial score (nSPS) is 11.1. The van der Waals surface area contributed by atoms with Crippen molar-refractivity contribution in [2.75, 3.05) is 25.5 Å². The number of anilines is 2. The minimum absolute atomic E-state index is 0.208. The molecule has 0 amide bonds. The van der Waals surface area contributed by atoms with Gasteiger partial charge in [0.25, 0.3) is 0 Å². The van der Waals surface area contributed by atoms with Gasteiger partial charge < -0.3 is 15.2 Å². The number of fused-ring (bicyclic) bond motifs is 1. The van der Waals surface area contributed by atoms with Gasteiger partial charge in [-0.25, -0.2) is 0 Å². The number of pyridine rings is 1. The van der Waals surface area contributed by atoms with E-state index in [4.69, 9.17) is 16.3 Å². The number of ether oxygens (including phenoxy) is 1. The molecule has 3 rings (SSSR count). The molecule has 142 valence electrons. The van der Waals surface area contributed by atoms with E-state index >= 15 is 0 Å². The maximum absolute atomic E-state index is 10.8. The van der Waals surface area contributed by atoms with Gasteiger partial charge in [0.2, 0.25) is 0 Å². The Morgan fingerprint density at radius 2 is 1.89 bits per heavy atom. The van der Waals surface area contributed by atoms with Crippen LogP contribution in [-0.4, -0.2) is 35.2 Å². The number of aromatic nitrogens is 1. The van der Waals surface area contributed by atoms with Crippen LogP contribution in [0.4, 0.5) is 11.4 Å². The standard InChI is InChI=1S/C21H24ClN3O2/c1-4-25(5-2)13-14-10-15(22)11-20(21(14)26)24-19-8-9-23-18-7-6-16(27-3)12-17(18)19/h6-12,26H,4-5,13H2,1-3H3,(H,23,24). The quantitative estimate of drug-likeness (QED) is 0.548. The second kappa shape index (κ2) is 8.46. The monoisotopic (exact) mass is 385 g/mol. The van der Waals surface area contributed by atoms with Crippen molar-refractivity contribution in [3.05, 3.63) is 53.2 Å². The Kier molecular flexibility index (Phi) is 6.04. The third kappa shape index (κ3) is 4.26. The zero-order chi connectivity index (χ0) is 19.4. The molecule has 0 fully saturated rings. The van der Waals surface area contributed by atoms with Crippen molar-refractivity contribution in [2.24, 2.45) is 0 Å². The lowest BCUT2D eigenvalue weighted by Crippen LogP contribution is -2.22. The highest BCUT2D eigenvalue weighted by Gasteiger charge is 2.13. The molecule has 0 spiro atoms. The molecule has 1 heterocycles. The highest BCUT2D eigenvalue weighted by atomic mass is 35.5. The highest BCUT2D eigenvalue weighted by Crippen LogP contribution is 2.36. The van der Waals surface area contributed by atoms with Crippen LogP contribution in [0, 0.1) is 0 Å². The molecule has 0 aliphatic rings. The van der Waals surface area contributed by atoms with E-state index in [0.717, 1.165) is 41.0 Å². The number of rotatable bonds is 7. The van der Waals surface area contributed by atoms with Crippen LogP contribution >= 0.6 is 11.6 Å². The fourth-order valence-electron chi connectivity index (χ4n) is 3.07. The van der Waals surface area contributed by atoms with Crippen LogP contribution in [0.5, 0.6) is 11.5 Å². The van der Waals surface area contributed by atoms with Gasteiger partial charge in [-0.2, -0.15) is 0 Å². The summed E-state index contributed by atoms with van der Waals surface area (Å²) < 4.78 is 5.33. The average molecular weight is 386 g/mol. The van der Waals surface area contributed by atoms with Crippen LogP contribution in [0.25, 0.3) is 10.9 Å². The first kappa shape index (κ1) is 19.3. The van der Waals surface area contributed by atoms with E-state index in [2.05, 4.69) is 29.0 Å². The maximum Gasteiger partial charge on any atom is 0.143 e. The lowest BCUT2D eigenvalue weighted by Gasteiger charge is -2.20. The molecule has 0 atom stereocenters. The van der Waals surface area contributed by atoms with Gasteiger partial charge in [-0.15, -0.1) is 0 Å². The molecule has 1 aromatic heterocycles. The first-order valence-electron chi connectivity index (χ1n) is 8.99. The van der Waals surface area contributed by atoms with Crippen molar-refractivity contribution >= 4 is 33.9 Å². The topological polar surface area (TPSA) is 57.6 Å². The minimum atomic E-state index is 0.208. The van der Waals surface area contributed by atoms with Gasteiger partial charge in [-0.05, 0) is 49.5 Å². The van der Waals surface area contributed by atoms with Gasteiger partial charge in [0, 0.05) is 34.4 Å². The molecule has 0 aliphatic heterocycles. The van der Waals surface area contributed by atoms with Crippen molar-refractivity contribution in [1.82, 2.24) is 9.88 Å². The van der Waals surface area contributed by atoms with E-state index in [0.29, 0.717) is 17.3 Å². The molecule has 0 saturated carbocycles. The number of hydrogen-bond acceptors (Lipinski definition) is 5. The summed E-state index contributed by atoms with van der Waals surface area (Å²) in [7, 11) is 1.63. The zero-order valence-corrected chi connectivity index (χ0v) is 16.5. The van der Waals surface area contributed by atoms with Crippen LogP contribution in [-0.2, 0) is 6.54 Å². The first-order chi connectivity index (χ1) is 13.0. The molecule has 2 aromatic carbocycles. The summed E-state index contributed by atoms with van der Waals surface area (Å²) >= 11 is 6.32. The van der Waals surface area contributed by atoms with Crippen LogP contribution in [0.3, 0.4) is 0 Å². The van der Waals surface area contributed by atoms with Gasteiger partial charge in [-0.1, -0.05) is 25.4 Å². The summed E-state index contributed by atoms with van der Waals surface area (Å²) in [5, 5.41) is 15.6. The van der Waals surface area contributed by atoms with Crippen molar-refractivity contribution in [1.29, 1.82) is 0 Å². The Morgan fingerprint density at radius 1 is 1.11 bits per heavy atom. The number of phenols is 1. The average Bonchev–Trinajstić information content (AvgIpc) is 2.69. The number of halogens is 1. The van der Waals surface area contributed by atoms with Gasteiger partial charge in [0.05, 0.1) is 18.3 Å². The van der Waals surface area contributed by atoms with E-state index in [-0.39, 0.29) is 5.75 Å². The minimum Gasteiger partial charge on any atom is -0.505 e. The molecule has 0 radical (unpaired) electrons. The van der Waals surface area contributed by atoms with Gasteiger partial charge in [0.1, 0.15) is 11.5 Å². The van der Waals surface area contributed by atoms with Crippen molar-refractivity contribution in [2.45, 2.75) is 20.4 Å². The third-order valence-corrected chi connectivity index (χ3v) is 4.88. The molecule has 6 heteroatoms. The Balaban J connectivity index is 2.01. The number of methoxy groups -OCH3 is 1. The predicted octanol–water partition coefficient (Wildman–Crippen LogP) is 5.19. The van der Waals surface area contributed by atoms with E-state index in [9.17, 15) is 5.11 Å². The number of nitrogens with zero attached hydrogens (tertiary/aromatic N) is 2. The van der Waals surface area contributed by atoms with Crippen LogP contribution < -0.4 is 10.1 Å². The van der Waals surface area contributed by atoms with Crippen molar-refractivity contribution in [3.8, 4) is 11.5 Å². The van der Waals surface area contributed by atoms with Gasteiger partial charge in [0.15, 0.2) is 0 Å². The molecule has 3 aromatic rings. The Hall–Kier alpha value is -2.50. The van der Waals surface area contributed by atoms with E-state index in [1.54, 1.807) is 19.4 Å². The van der Waals surface area contributed by atoms with E-state index < -0.39 is 0 Å². The number of nitrogens with one attached hydrogen (secondary N) is 1. The molecule has 2 N–H and O–H groups in total. The first-order valence-corrected chi connectivity index (χ1v) is 9.37. The molecule has 5 nitrogen and oxygen atoms in total. The van der Waals surface area contributed by atoms with Crippen molar-refractivity contribution in [3.63, 3.8) is 0 Å². The number of benzene rings is 2. The number of phenolic OH excluding ortho intramolecular Hbond substituents is 1. The molecule has 0 unspecified atom stereocenters. The summed E-state index contributed by atoms with van der Waals surface area (Å²) in [5.41, 5.74) is 3.03. The summed E-state index contributed by atoms with van der Waals surface area (Å²) in [6.45, 7) is 6.64. The fraction of sp³-hybridized carbons (Fsp3) is 0.286. The molecule has 0 aliphatic carbocycles. The lowest BCUT2D eigenvalue weighted by molar-refractivity contribution is 0.291. The number of aromatic hydroxyl groups is 1. The maximum atomic E-state index is 10.8. The summed E-state index contributed by atoms with van der Waals surface area (Å²) in [5.74, 6) is 0.954. The molecule has 27 heavy (non-hydrogen) atoms. The molecule has 0 bridgehead atoms. The summed E-state index contributed by atoms with van der Waals surface area (Å²) in [4.78, 5) is 6.61. The third-order valence-electron chi connectivity index (χ3n) is 4.66. The zero-order valence-electron chi connectivity index (χ0n) is 15.8. The van der Waals surface area contributed by atoms with E-state index in [1.807, 2.05) is 30.3 Å². The summed E-state index contributed by atoms with van der Waals surface area (Å²) in [6, 6.07) is 11.1. The number of hydrogen-bond donors (Lipinski definition) is 2. The van der Waals surface area contributed by atoms with Crippen molar-refractivity contribution < 1.29 is 9.84 Å². The Morgan fingerprint density at radius 3 is 2.59 bits per heavy atom. The van der Waals surface area contributed by atoms with Gasteiger partial charge >= 0.3 is 0 Å². The highest BCUT2D eigenvalue weighted by molar-refractivity contribution is 6.31. The Labute approximate surface area is 164 Å². The molecular weight excluding hydrogens is 362 g/mol. The lowest BCUT2D eigenvalue weighted by atomic mass is 10.1. The smallest absolute Gasteiger partial charge is 0.143 e. The van der Waals surface area contributed by atoms with Crippen LogP contribution in [0.1, 0.15) is 19.4 Å². The predicted molar refractivity (Wildman–Crippen MR) is 111 cm³/mol. The van der Waals surface area contributed by atoms with E-state index in [1.165, 1.54) is 0 Å². The molecular formula is C21H24ClN3O2. The Bertz CT molecular complexity index is 942. The summed E-state index contributed by atoms with van der Waals surface area (Å²) in [6.07, 6.45) is 1.73. The fourth-order valence-corrected chi connectivity index (χ4v) is 3.31. The largest absolute Gasteiger partial charge is 0.505 e. The second-order valence-corrected chi connectivity index (χ2v) is 6.73. The molecule has 0 saturated heterocycles. The van der Waals surface area contributed by atoms with Crippen LogP contribution in [0.2, 0.25) is 5.02 Å².